The molecule has 2 N–H and O–H groups in total. The second-order valence-electron chi connectivity index (χ2n) is 7.90. The maximum atomic E-state index is 4.88. The van der Waals surface area contributed by atoms with Gasteiger partial charge in [0.25, 0.3) is 0 Å². The molecule has 5 nitrogen and oxygen atoms in total. The van der Waals surface area contributed by atoms with Gasteiger partial charge in [0, 0.05) is 36.7 Å². The van der Waals surface area contributed by atoms with Crippen LogP contribution < -0.4 is 15.5 Å². The number of anilines is 1. The molecule has 2 aromatic rings. The van der Waals surface area contributed by atoms with E-state index in [4.69, 9.17) is 4.99 Å². The number of benzene rings is 1. The van der Waals surface area contributed by atoms with Gasteiger partial charge in [-0.15, -0.1) is 11.3 Å². The minimum Gasteiger partial charge on any atom is -0.364 e. The lowest BCUT2D eigenvalue weighted by Crippen LogP contribution is -2.42. The summed E-state index contributed by atoms with van der Waals surface area (Å²) in [7, 11) is 0. The van der Waals surface area contributed by atoms with Crippen LogP contribution in [-0.4, -0.2) is 50.1 Å². The number of hydrogen-bond acceptors (Lipinski definition) is 4. The molecule has 30 heavy (non-hydrogen) atoms. The average Bonchev–Trinajstić information content (AvgIpc) is 3.56. The molecule has 1 saturated heterocycles. The Morgan fingerprint density at radius 1 is 1.10 bits per heavy atom. The number of hydrogen-bond donors (Lipinski definition) is 2. The molecule has 0 amide bonds. The van der Waals surface area contributed by atoms with E-state index < -0.39 is 0 Å². The summed E-state index contributed by atoms with van der Waals surface area (Å²) >= 11 is 1.86. The van der Waals surface area contributed by atoms with Crippen LogP contribution in [0.5, 0.6) is 0 Å². The highest BCUT2D eigenvalue weighted by molar-refractivity contribution is 7.10. The third-order valence-electron chi connectivity index (χ3n) is 5.77. The van der Waals surface area contributed by atoms with Gasteiger partial charge in [-0.05, 0) is 62.0 Å². The van der Waals surface area contributed by atoms with Gasteiger partial charge in [0.05, 0.1) is 12.6 Å². The standard InChI is InChI=1S/C24H33N5S/c1-2-25-24(26-18-20-9-7-10-21(17-20)28-12-3-4-13-28)27-19-22(23-11-8-16-30-23)29-14-5-6-15-29/h3-4,7-11,16-17,22H,2,5-6,12-15,18-19H2,1H3,(H2,25,26,27). The Balaban J connectivity index is 1.40. The molecule has 4 rings (SSSR count). The van der Waals surface area contributed by atoms with Crippen LogP contribution in [0, 0.1) is 0 Å². The van der Waals surface area contributed by atoms with E-state index in [0.717, 1.165) is 32.1 Å². The first kappa shape index (κ1) is 20.9. The largest absolute Gasteiger partial charge is 0.364 e. The van der Waals surface area contributed by atoms with Crippen LogP contribution in [0.3, 0.4) is 0 Å². The highest BCUT2D eigenvalue weighted by atomic mass is 32.1. The fourth-order valence-corrected chi connectivity index (χ4v) is 5.05. The van der Waals surface area contributed by atoms with Gasteiger partial charge in [-0.1, -0.05) is 30.4 Å². The third kappa shape index (κ3) is 5.43. The van der Waals surface area contributed by atoms with Crippen LogP contribution in [0.2, 0.25) is 0 Å². The number of nitrogens with one attached hydrogen (secondary N) is 2. The predicted molar refractivity (Wildman–Crippen MR) is 128 cm³/mol. The Kier molecular flexibility index (Phi) is 7.43. The highest BCUT2D eigenvalue weighted by Gasteiger charge is 2.24. The van der Waals surface area contributed by atoms with Crippen LogP contribution in [0.1, 0.15) is 36.2 Å². The monoisotopic (exact) mass is 423 g/mol. The molecule has 1 aromatic heterocycles. The molecule has 160 valence electrons. The summed E-state index contributed by atoms with van der Waals surface area (Å²) in [5.74, 6) is 0.895. The summed E-state index contributed by atoms with van der Waals surface area (Å²) in [6.45, 7) is 8.92. The minimum absolute atomic E-state index is 0.419. The highest BCUT2D eigenvalue weighted by Crippen LogP contribution is 2.27. The molecule has 2 aliphatic heterocycles. The van der Waals surface area contributed by atoms with Crippen molar-refractivity contribution in [2.45, 2.75) is 32.4 Å². The second kappa shape index (κ2) is 10.6. The van der Waals surface area contributed by atoms with Crippen molar-refractivity contribution in [3.8, 4) is 0 Å². The Morgan fingerprint density at radius 3 is 2.67 bits per heavy atom. The molecule has 0 saturated carbocycles. The van der Waals surface area contributed by atoms with E-state index in [1.54, 1.807) is 0 Å². The lowest BCUT2D eigenvalue weighted by atomic mass is 10.2. The molecule has 6 heteroatoms. The van der Waals surface area contributed by atoms with E-state index >= 15 is 0 Å². The van der Waals surface area contributed by atoms with Gasteiger partial charge in [0.1, 0.15) is 0 Å². The van der Waals surface area contributed by atoms with Crippen LogP contribution >= 0.6 is 11.3 Å². The van der Waals surface area contributed by atoms with E-state index in [-0.39, 0.29) is 0 Å². The molecule has 1 fully saturated rings. The van der Waals surface area contributed by atoms with Gasteiger partial charge < -0.3 is 15.5 Å². The van der Waals surface area contributed by atoms with E-state index in [2.05, 4.69) is 81.3 Å². The van der Waals surface area contributed by atoms with Crippen molar-refractivity contribution in [2.75, 3.05) is 44.2 Å². The van der Waals surface area contributed by atoms with E-state index in [9.17, 15) is 0 Å². The van der Waals surface area contributed by atoms with E-state index in [1.165, 1.54) is 42.1 Å². The van der Waals surface area contributed by atoms with Crippen molar-refractivity contribution in [2.24, 2.45) is 4.99 Å². The molecule has 1 unspecified atom stereocenters. The molecule has 1 aromatic carbocycles. The Hall–Kier alpha value is -2.31. The minimum atomic E-state index is 0.419. The molecular formula is C24H33N5S. The summed E-state index contributed by atoms with van der Waals surface area (Å²) < 4.78 is 0. The van der Waals surface area contributed by atoms with Crippen molar-refractivity contribution < 1.29 is 0 Å². The molecule has 2 aliphatic rings. The number of thiophene rings is 1. The lowest BCUT2D eigenvalue weighted by molar-refractivity contribution is 0.249. The zero-order valence-electron chi connectivity index (χ0n) is 17.9. The summed E-state index contributed by atoms with van der Waals surface area (Å²) in [4.78, 5) is 11.3. The summed E-state index contributed by atoms with van der Waals surface area (Å²) in [6.07, 6.45) is 7.06. The van der Waals surface area contributed by atoms with Crippen LogP contribution in [0.4, 0.5) is 5.69 Å². The fourth-order valence-electron chi connectivity index (χ4n) is 4.19. The van der Waals surface area contributed by atoms with Gasteiger partial charge >= 0.3 is 0 Å². The molecule has 0 radical (unpaired) electrons. The SMILES string of the molecule is CCNC(=NCc1cccc(N2CC=CC2)c1)NCC(c1cccs1)N1CCCC1. The second-order valence-corrected chi connectivity index (χ2v) is 8.88. The first-order valence-corrected chi connectivity index (χ1v) is 12.0. The summed E-state index contributed by atoms with van der Waals surface area (Å²) in [5, 5.41) is 9.21. The Labute approximate surface area is 184 Å². The Bertz CT molecular complexity index is 831. The molecule has 1 atom stereocenters. The van der Waals surface area contributed by atoms with E-state index in [0.29, 0.717) is 12.6 Å². The fraction of sp³-hybridized carbons (Fsp3) is 0.458. The number of likely N-dealkylation sites (tertiary alicyclic amines) is 1. The van der Waals surface area contributed by atoms with Crippen molar-refractivity contribution >= 4 is 23.0 Å². The number of rotatable bonds is 8. The number of nitrogens with zero attached hydrogens (tertiary/aromatic N) is 3. The van der Waals surface area contributed by atoms with Gasteiger partial charge in [-0.25, -0.2) is 4.99 Å². The van der Waals surface area contributed by atoms with Crippen LogP contribution in [0.25, 0.3) is 0 Å². The molecule has 0 aliphatic carbocycles. The molecule has 0 spiro atoms. The van der Waals surface area contributed by atoms with Gasteiger partial charge in [0.15, 0.2) is 5.96 Å². The zero-order chi connectivity index (χ0) is 20.6. The molecule has 3 heterocycles. The quantitative estimate of drug-likeness (QED) is 0.382. The van der Waals surface area contributed by atoms with Gasteiger partial charge in [-0.2, -0.15) is 0 Å². The van der Waals surface area contributed by atoms with Crippen molar-refractivity contribution in [3.05, 3.63) is 64.4 Å². The predicted octanol–water partition coefficient (Wildman–Crippen LogP) is 4.02. The maximum Gasteiger partial charge on any atom is 0.191 e. The normalized spacial score (nSPS) is 18.2. The van der Waals surface area contributed by atoms with Gasteiger partial charge in [0.2, 0.25) is 0 Å². The smallest absolute Gasteiger partial charge is 0.191 e. The van der Waals surface area contributed by atoms with E-state index in [1.807, 2.05) is 11.3 Å². The topological polar surface area (TPSA) is 42.9 Å². The van der Waals surface area contributed by atoms with Gasteiger partial charge in [-0.3, -0.25) is 4.90 Å². The average molecular weight is 424 g/mol. The first-order chi connectivity index (χ1) is 14.8. The van der Waals surface area contributed by atoms with Crippen LogP contribution in [0.15, 0.2) is 58.9 Å². The number of guanidine groups is 1. The summed E-state index contributed by atoms with van der Waals surface area (Å²) in [6, 6.07) is 13.6. The van der Waals surface area contributed by atoms with Crippen molar-refractivity contribution in [1.82, 2.24) is 15.5 Å². The third-order valence-corrected chi connectivity index (χ3v) is 6.75. The first-order valence-electron chi connectivity index (χ1n) is 11.1. The molecular weight excluding hydrogens is 390 g/mol. The maximum absolute atomic E-state index is 4.88. The lowest BCUT2D eigenvalue weighted by Gasteiger charge is -2.27. The van der Waals surface area contributed by atoms with Crippen molar-refractivity contribution in [3.63, 3.8) is 0 Å². The molecule has 0 bridgehead atoms. The Morgan fingerprint density at radius 2 is 1.93 bits per heavy atom. The van der Waals surface area contributed by atoms with Crippen molar-refractivity contribution in [1.29, 1.82) is 0 Å². The summed E-state index contributed by atoms with van der Waals surface area (Å²) in [5.41, 5.74) is 2.52. The van der Waals surface area contributed by atoms with Crippen LogP contribution in [-0.2, 0) is 6.54 Å². The number of aliphatic imine (C=N–C) groups is 1. The zero-order valence-corrected chi connectivity index (χ0v) is 18.7.